The van der Waals surface area contributed by atoms with Crippen molar-refractivity contribution in [2.24, 2.45) is 0 Å². The lowest BCUT2D eigenvalue weighted by Crippen LogP contribution is -1.85. The molecular weight excluding hydrogens is 176 g/mol. The molecule has 0 atom stereocenters. The highest BCUT2D eigenvalue weighted by Crippen LogP contribution is 2.16. The molecule has 1 aromatic rings. The maximum atomic E-state index is 10.1. The Kier molecular flexibility index (Phi) is 2.86. The highest BCUT2D eigenvalue weighted by Gasteiger charge is 1.99. The molecule has 1 N–H and O–H groups in total. The van der Waals surface area contributed by atoms with Crippen LogP contribution in [0.1, 0.15) is 5.76 Å². The Morgan fingerprint density at radius 2 is 2.38 bits per heavy atom. The minimum atomic E-state index is -1.07. The molecular formula is C8H6O5. The zero-order chi connectivity index (χ0) is 9.68. The highest BCUT2D eigenvalue weighted by molar-refractivity contribution is 5.84. The van der Waals surface area contributed by atoms with Crippen molar-refractivity contribution in [1.29, 1.82) is 0 Å². The monoisotopic (exact) mass is 182 g/mol. The Bertz CT molecular complexity index is 336. The van der Waals surface area contributed by atoms with E-state index in [-0.39, 0.29) is 12.2 Å². The molecule has 68 valence electrons. The lowest BCUT2D eigenvalue weighted by atomic mass is 10.4. The smallest absolute Gasteiger partial charge is 0.328 e. The number of rotatable bonds is 4. The van der Waals surface area contributed by atoms with Gasteiger partial charge in [0.05, 0.1) is 0 Å². The second-order valence-corrected chi connectivity index (χ2v) is 2.07. The van der Waals surface area contributed by atoms with Crippen molar-refractivity contribution in [3.8, 4) is 5.75 Å². The van der Waals surface area contributed by atoms with Gasteiger partial charge in [-0.15, -0.1) is 0 Å². The van der Waals surface area contributed by atoms with Gasteiger partial charge in [-0.3, -0.25) is 4.79 Å². The molecule has 0 bridgehead atoms. The first-order valence-electron chi connectivity index (χ1n) is 3.32. The van der Waals surface area contributed by atoms with Crippen molar-refractivity contribution in [1.82, 2.24) is 0 Å². The standard InChI is InChI=1S/C8H6O5/c9-5-13-7-3-6(12-4-7)1-2-8(10)11/h1-5H,(H,10,11)/b2-1+. The molecule has 0 aliphatic carbocycles. The van der Waals surface area contributed by atoms with E-state index in [1.54, 1.807) is 0 Å². The van der Waals surface area contributed by atoms with E-state index in [4.69, 9.17) is 9.52 Å². The van der Waals surface area contributed by atoms with E-state index in [1.165, 1.54) is 18.4 Å². The van der Waals surface area contributed by atoms with E-state index in [0.717, 1.165) is 6.08 Å². The molecule has 5 nitrogen and oxygen atoms in total. The Labute approximate surface area is 73.2 Å². The third kappa shape index (κ3) is 2.82. The molecule has 0 aromatic carbocycles. The third-order valence-electron chi connectivity index (χ3n) is 1.17. The molecule has 0 spiro atoms. The molecule has 1 aromatic heterocycles. The van der Waals surface area contributed by atoms with Crippen molar-refractivity contribution in [3.63, 3.8) is 0 Å². The van der Waals surface area contributed by atoms with Crippen LogP contribution < -0.4 is 4.74 Å². The number of carboxylic acids is 1. The summed E-state index contributed by atoms with van der Waals surface area (Å²) in [5.74, 6) is -0.534. The van der Waals surface area contributed by atoms with Gasteiger partial charge in [-0.2, -0.15) is 0 Å². The molecule has 0 aliphatic rings. The number of carboxylic acid groups (broad SMARTS) is 1. The van der Waals surface area contributed by atoms with Crippen LogP contribution in [0.2, 0.25) is 0 Å². The molecule has 1 rings (SSSR count). The summed E-state index contributed by atoms with van der Waals surface area (Å²) in [6, 6.07) is 1.40. The van der Waals surface area contributed by atoms with Gasteiger partial charge in [0.2, 0.25) is 0 Å². The second kappa shape index (κ2) is 4.10. The Morgan fingerprint density at radius 3 is 3.00 bits per heavy atom. The van der Waals surface area contributed by atoms with Gasteiger partial charge >= 0.3 is 5.97 Å². The summed E-state index contributed by atoms with van der Waals surface area (Å²) in [6.07, 6.45) is 3.37. The van der Waals surface area contributed by atoms with Gasteiger partial charge in [-0.25, -0.2) is 4.79 Å². The van der Waals surface area contributed by atoms with Crippen LogP contribution in [0.25, 0.3) is 6.08 Å². The number of hydrogen-bond donors (Lipinski definition) is 1. The van der Waals surface area contributed by atoms with Crippen LogP contribution in [0, 0.1) is 0 Å². The molecule has 0 unspecified atom stereocenters. The summed E-state index contributed by atoms with van der Waals surface area (Å²) in [5.41, 5.74) is 0. The molecule has 1 heterocycles. The summed E-state index contributed by atoms with van der Waals surface area (Å²) < 4.78 is 9.27. The molecule has 0 amide bonds. The van der Waals surface area contributed by atoms with E-state index in [0.29, 0.717) is 5.76 Å². The van der Waals surface area contributed by atoms with E-state index >= 15 is 0 Å². The van der Waals surface area contributed by atoms with E-state index in [9.17, 15) is 9.59 Å². The summed E-state index contributed by atoms with van der Waals surface area (Å²) in [6.45, 7) is 0.259. The SMILES string of the molecule is O=COc1coc(/C=C/C(=O)O)c1. The van der Waals surface area contributed by atoms with Crippen LogP contribution in [0.5, 0.6) is 5.75 Å². The largest absolute Gasteiger partial charge is 0.478 e. The molecule has 0 fully saturated rings. The van der Waals surface area contributed by atoms with Crippen LogP contribution in [-0.4, -0.2) is 17.5 Å². The van der Waals surface area contributed by atoms with E-state index < -0.39 is 5.97 Å². The molecule has 0 aliphatic heterocycles. The number of carbonyl (C=O) groups excluding carboxylic acids is 1. The lowest BCUT2D eigenvalue weighted by molar-refractivity contribution is -0.131. The zero-order valence-electron chi connectivity index (χ0n) is 6.47. The quantitative estimate of drug-likeness (QED) is 0.553. The van der Waals surface area contributed by atoms with Crippen molar-refractivity contribution in [3.05, 3.63) is 24.2 Å². The summed E-state index contributed by atoms with van der Waals surface area (Å²) in [7, 11) is 0. The summed E-state index contributed by atoms with van der Waals surface area (Å²) in [5, 5.41) is 8.27. The fraction of sp³-hybridized carbons (Fsp3) is 0. The average Bonchev–Trinajstić information content (AvgIpc) is 2.50. The van der Waals surface area contributed by atoms with E-state index in [2.05, 4.69) is 4.74 Å². The first-order chi connectivity index (χ1) is 6.22. The van der Waals surface area contributed by atoms with Crippen molar-refractivity contribution >= 4 is 18.5 Å². The first-order valence-corrected chi connectivity index (χ1v) is 3.32. The maximum absolute atomic E-state index is 10.1. The van der Waals surface area contributed by atoms with Crippen LogP contribution in [-0.2, 0) is 9.59 Å². The average molecular weight is 182 g/mol. The van der Waals surface area contributed by atoms with Gasteiger partial charge in [0.1, 0.15) is 12.0 Å². The number of hydrogen-bond acceptors (Lipinski definition) is 4. The Balaban J connectivity index is 2.68. The predicted molar refractivity (Wildman–Crippen MR) is 42.1 cm³/mol. The zero-order valence-corrected chi connectivity index (χ0v) is 6.47. The topological polar surface area (TPSA) is 76.7 Å². The fourth-order valence-corrected chi connectivity index (χ4v) is 0.693. The Hall–Kier alpha value is -2.04. The van der Waals surface area contributed by atoms with Crippen molar-refractivity contribution in [2.45, 2.75) is 0 Å². The van der Waals surface area contributed by atoms with E-state index in [1.807, 2.05) is 0 Å². The van der Waals surface area contributed by atoms with Gasteiger partial charge in [0.15, 0.2) is 5.75 Å². The van der Waals surface area contributed by atoms with Crippen LogP contribution in [0.3, 0.4) is 0 Å². The van der Waals surface area contributed by atoms with Gasteiger partial charge in [-0.1, -0.05) is 0 Å². The second-order valence-electron chi connectivity index (χ2n) is 2.07. The minimum absolute atomic E-state index is 0.236. The first kappa shape index (κ1) is 9.05. The van der Waals surface area contributed by atoms with Gasteiger partial charge in [0.25, 0.3) is 6.47 Å². The third-order valence-corrected chi connectivity index (χ3v) is 1.17. The van der Waals surface area contributed by atoms with Crippen molar-refractivity contribution in [2.75, 3.05) is 0 Å². The fourth-order valence-electron chi connectivity index (χ4n) is 0.693. The molecule has 0 saturated carbocycles. The molecule has 0 radical (unpaired) electrons. The maximum Gasteiger partial charge on any atom is 0.328 e. The molecule has 5 heteroatoms. The summed E-state index contributed by atoms with van der Waals surface area (Å²) in [4.78, 5) is 20.0. The predicted octanol–water partition coefficient (Wildman–Crippen LogP) is 0.913. The van der Waals surface area contributed by atoms with Crippen LogP contribution in [0.15, 0.2) is 22.8 Å². The van der Waals surface area contributed by atoms with Crippen LogP contribution >= 0.6 is 0 Å². The molecule has 0 saturated heterocycles. The number of furan rings is 1. The normalized spacial score (nSPS) is 10.2. The molecule has 13 heavy (non-hydrogen) atoms. The van der Waals surface area contributed by atoms with Crippen molar-refractivity contribution < 1.29 is 23.8 Å². The minimum Gasteiger partial charge on any atom is -0.478 e. The highest BCUT2D eigenvalue weighted by atomic mass is 16.5. The van der Waals surface area contributed by atoms with Gasteiger partial charge in [-0.05, 0) is 6.08 Å². The van der Waals surface area contributed by atoms with Gasteiger partial charge < -0.3 is 14.3 Å². The Morgan fingerprint density at radius 1 is 1.62 bits per heavy atom. The van der Waals surface area contributed by atoms with Crippen LogP contribution in [0.4, 0.5) is 0 Å². The number of carbonyl (C=O) groups is 2. The summed E-state index contributed by atoms with van der Waals surface area (Å²) >= 11 is 0. The number of aliphatic carboxylic acids is 1. The lowest BCUT2D eigenvalue weighted by Gasteiger charge is -1.84. The van der Waals surface area contributed by atoms with Gasteiger partial charge in [0, 0.05) is 12.1 Å². The number of ether oxygens (including phenoxy) is 1.